The Balaban J connectivity index is 2.13. The molecule has 2 fully saturated rings. The van der Waals surface area contributed by atoms with Gasteiger partial charge in [0.15, 0.2) is 11.6 Å². The van der Waals surface area contributed by atoms with Crippen molar-refractivity contribution in [3.63, 3.8) is 0 Å². The van der Waals surface area contributed by atoms with Crippen LogP contribution < -0.4 is 0 Å². The van der Waals surface area contributed by atoms with Crippen LogP contribution in [0, 0.1) is 0 Å². The highest BCUT2D eigenvalue weighted by atomic mass is 16.8. The summed E-state index contributed by atoms with van der Waals surface area (Å²) < 4.78 is 22.4. The second-order valence-electron chi connectivity index (χ2n) is 5.68. The summed E-state index contributed by atoms with van der Waals surface area (Å²) in [5.74, 6) is -1.57. The van der Waals surface area contributed by atoms with Crippen molar-refractivity contribution in [2.75, 3.05) is 13.2 Å². The Morgan fingerprint density at radius 2 is 1.61 bits per heavy atom. The van der Waals surface area contributed by atoms with Gasteiger partial charge in [0.25, 0.3) is 0 Å². The number of rotatable bonds is 2. The van der Waals surface area contributed by atoms with Gasteiger partial charge in [-0.15, -0.1) is 0 Å². The van der Waals surface area contributed by atoms with E-state index in [4.69, 9.17) is 18.9 Å². The number of hydrogen-bond donors (Lipinski definition) is 2. The molecule has 6 heteroatoms. The molecule has 2 aliphatic rings. The molecule has 0 amide bonds. The molecule has 2 heterocycles. The number of aliphatic hydroxyl groups is 2. The lowest BCUT2D eigenvalue weighted by molar-refractivity contribution is -0.322. The van der Waals surface area contributed by atoms with Gasteiger partial charge in [0.1, 0.15) is 24.4 Å². The number of hydrogen-bond acceptors (Lipinski definition) is 6. The van der Waals surface area contributed by atoms with Crippen molar-refractivity contribution in [1.82, 2.24) is 0 Å². The summed E-state index contributed by atoms with van der Waals surface area (Å²) in [6, 6.07) is 0. The minimum Gasteiger partial charge on any atom is -0.394 e. The van der Waals surface area contributed by atoms with Crippen LogP contribution in [-0.2, 0) is 18.9 Å². The van der Waals surface area contributed by atoms with Gasteiger partial charge in [-0.05, 0) is 27.7 Å². The second kappa shape index (κ2) is 4.70. The van der Waals surface area contributed by atoms with Crippen LogP contribution in [0.5, 0.6) is 0 Å². The van der Waals surface area contributed by atoms with Crippen LogP contribution in [0.4, 0.5) is 0 Å². The highest BCUT2D eigenvalue weighted by molar-refractivity contribution is 4.92. The SMILES string of the molecule is CC1(C)OCC(O)[C@H](C2OC(C)(C)O[C@@H]2CO)O1. The lowest BCUT2D eigenvalue weighted by Gasteiger charge is -2.41. The maximum atomic E-state index is 9.98. The van der Waals surface area contributed by atoms with Gasteiger partial charge >= 0.3 is 0 Å². The van der Waals surface area contributed by atoms with Crippen molar-refractivity contribution in [2.45, 2.75) is 63.7 Å². The predicted octanol–water partition coefficient (Wildman–Crippen LogP) is 0.0112. The van der Waals surface area contributed by atoms with Crippen molar-refractivity contribution in [3.05, 3.63) is 0 Å². The normalized spacial score (nSPS) is 43.0. The van der Waals surface area contributed by atoms with E-state index >= 15 is 0 Å². The highest BCUT2D eigenvalue weighted by Gasteiger charge is 2.50. The second-order valence-corrected chi connectivity index (χ2v) is 5.68. The first-order valence-electron chi connectivity index (χ1n) is 6.20. The summed E-state index contributed by atoms with van der Waals surface area (Å²) in [6.45, 7) is 7.10. The fourth-order valence-corrected chi connectivity index (χ4v) is 2.39. The van der Waals surface area contributed by atoms with E-state index in [1.807, 2.05) is 0 Å². The van der Waals surface area contributed by atoms with Crippen molar-refractivity contribution < 1.29 is 29.2 Å². The Morgan fingerprint density at radius 1 is 1.00 bits per heavy atom. The van der Waals surface area contributed by atoms with Crippen molar-refractivity contribution in [2.24, 2.45) is 0 Å². The molecule has 4 atom stereocenters. The molecule has 0 spiro atoms. The van der Waals surface area contributed by atoms with E-state index < -0.39 is 36.0 Å². The van der Waals surface area contributed by atoms with Gasteiger partial charge in [-0.3, -0.25) is 0 Å². The molecule has 18 heavy (non-hydrogen) atoms. The van der Waals surface area contributed by atoms with Crippen LogP contribution in [0.1, 0.15) is 27.7 Å². The Morgan fingerprint density at radius 3 is 2.22 bits per heavy atom. The first-order valence-corrected chi connectivity index (χ1v) is 6.20. The number of ether oxygens (including phenoxy) is 4. The summed E-state index contributed by atoms with van der Waals surface area (Å²) >= 11 is 0. The van der Waals surface area contributed by atoms with Gasteiger partial charge < -0.3 is 29.2 Å². The van der Waals surface area contributed by atoms with Gasteiger partial charge in [0, 0.05) is 0 Å². The van der Waals surface area contributed by atoms with E-state index in [1.165, 1.54) is 0 Å². The largest absolute Gasteiger partial charge is 0.394 e. The molecule has 2 N–H and O–H groups in total. The van der Waals surface area contributed by atoms with Gasteiger partial charge in [-0.1, -0.05) is 0 Å². The minimum atomic E-state index is -0.797. The Labute approximate surface area is 107 Å². The molecule has 6 nitrogen and oxygen atoms in total. The first kappa shape index (κ1) is 14.2. The van der Waals surface area contributed by atoms with Crippen molar-refractivity contribution in [3.8, 4) is 0 Å². The molecule has 0 aromatic carbocycles. The smallest absolute Gasteiger partial charge is 0.164 e. The van der Waals surface area contributed by atoms with E-state index in [-0.39, 0.29) is 13.2 Å². The Hall–Kier alpha value is -0.240. The minimum absolute atomic E-state index is 0.177. The van der Waals surface area contributed by atoms with E-state index in [0.29, 0.717) is 0 Å². The van der Waals surface area contributed by atoms with Gasteiger partial charge in [-0.25, -0.2) is 0 Å². The molecular weight excluding hydrogens is 240 g/mol. The third-order valence-corrected chi connectivity index (χ3v) is 3.13. The molecule has 0 aromatic rings. The van der Waals surface area contributed by atoms with Crippen molar-refractivity contribution in [1.29, 1.82) is 0 Å². The molecule has 2 unspecified atom stereocenters. The Bertz CT molecular complexity index is 301. The number of aliphatic hydroxyl groups excluding tert-OH is 2. The van der Waals surface area contributed by atoms with Crippen LogP contribution in [0.15, 0.2) is 0 Å². The zero-order chi connectivity index (χ0) is 13.6. The molecule has 0 radical (unpaired) electrons. The summed E-state index contributed by atoms with van der Waals surface area (Å²) in [5, 5.41) is 19.3. The quantitative estimate of drug-likeness (QED) is 0.730. The lowest BCUT2D eigenvalue weighted by Crippen LogP contribution is -2.56. The fraction of sp³-hybridized carbons (Fsp3) is 1.00. The van der Waals surface area contributed by atoms with Crippen LogP contribution in [0.3, 0.4) is 0 Å². The monoisotopic (exact) mass is 262 g/mol. The van der Waals surface area contributed by atoms with Crippen LogP contribution in [0.2, 0.25) is 0 Å². The topological polar surface area (TPSA) is 77.4 Å². The third kappa shape index (κ3) is 2.84. The predicted molar refractivity (Wildman–Crippen MR) is 61.8 cm³/mol. The molecule has 0 aromatic heterocycles. The summed E-state index contributed by atoms with van der Waals surface area (Å²) in [4.78, 5) is 0. The summed E-state index contributed by atoms with van der Waals surface area (Å²) in [5.41, 5.74) is 0. The van der Waals surface area contributed by atoms with Gasteiger partial charge in [0.2, 0.25) is 0 Å². The highest BCUT2D eigenvalue weighted by Crippen LogP contribution is 2.35. The first-order chi connectivity index (χ1) is 8.24. The maximum Gasteiger partial charge on any atom is 0.164 e. The maximum absolute atomic E-state index is 9.98. The molecule has 2 aliphatic heterocycles. The zero-order valence-corrected chi connectivity index (χ0v) is 11.3. The lowest BCUT2D eigenvalue weighted by atomic mass is 10.0. The molecule has 0 bridgehead atoms. The average molecular weight is 262 g/mol. The van der Waals surface area contributed by atoms with Crippen LogP contribution in [0.25, 0.3) is 0 Å². The van der Waals surface area contributed by atoms with Crippen LogP contribution >= 0.6 is 0 Å². The van der Waals surface area contributed by atoms with E-state index in [1.54, 1.807) is 27.7 Å². The molecule has 106 valence electrons. The van der Waals surface area contributed by atoms with E-state index in [2.05, 4.69) is 0 Å². The van der Waals surface area contributed by atoms with E-state index in [0.717, 1.165) is 0 Å². The standard InChI is InChI=1S/C12H22O6/c1-11(2)15-6-7(14)9(17-11)10-8(5-13)16-12(3,4)18-10/h7-10,13-14H,5-6H2,1-4H3/t7?,8-,9-,10?/m1/s1. The molecule has 2 rings (SSSR count). The van der Waals surface area contributed by atoms with Crippen molar-refractivity contribution >= 4 is 0 Å². The van der Waals surface area contributed by atoms with Crippen LogP contribution in [-0.4, -0.2) is 59.4 Å². The molecular formula is C12H22O6. The average Bonchev–Trinajstić information content (AvgIpc) is 2.57. The molecule has 0 saturated carbocycles. The zero-order valence-electron chi connectivity index (χ0n) is 11.3. The Kier molecular flexibility index (Phi) is 3.70. The van der Waals surface area contributed by atoms with Gasteiger partial charge in [0.05, 0.1) is 13.2 Å². The fourth-order valence-electron chi connectivity index (χ4n) is 2.39. The van der Waals surface area contributed by atoms with Gasteiger partial charge in [-0.2, -0.15) is 0 Å². The van der Waals surface area contributed by atoms with E-state index in [9.17, 15) is 10.2 Å². The third-order valence-electron chi connectivity index (χ3n) is 3.13. The molecule has 2 saturated heterocycles. The molecule has 0 aliphatic carbocycles. The summed E-state index contributed by atoms with van der Waals surface area (Å²) in [7, 11) is 0. The summed E-state index contributed by atoms with van der Waals surface area (Å²) in [6.07, 6.45) is -2.39.